The Morgan fingerprint density at radius 3 is 2.58 bits per heavy atom. The Labute approximate surface area is 133 Å². The summed E-state index contributed by atoms with van der Waals surface area (Å²) >= 11 is 0. The second-order valence-corrected chi connectivity index (χ2v) is 4.86. The first-order valence-corrected chi connectivity index (χ1v) is 6.80. The number of carbonyl (C=O) groups is 1. The van der Waals surface area contributed by atoms with Gasteiger partial charge in [0.05, 0.1) is 5.56 Å². The van der Waals surface area contributed by atoms with Gasteiger partial charge in [0.15, 0.2) is 11.5 Å². The molecule has 3 aromatic rings. The zero-order valence-corrected chi connectivity index (χ0v) is 12.3. The van der Waals surface area contributed by atoms with Crippen molar-refractivity contribution < 1.29 is 22.7 Å². The lowest BCUT2D eigenvalue weighted by Crippen LogP contribution is -2.16. The summed E-state index contributed by atoms with van der Waals surface area (Å²) in [7, 11) is 0. The molecule has 24 heavy (non-hydrogen) atoms. The molecule has 1 amide bonds. The number of rotatable bonds is 3. The highest BCUT2D eigenvalue weighted by molar-refractivity contribution is 5.96. The molecule has 0 radical (unpaired) electrons. The molecule has 0 aliphatic carbocycles. The van der Waals surface area contributed by atoms with Crippen molar-refractivity contribution in [1.29, 1.82) is 0 Å². The van der Waals surface area contributed by atoms with E-state index < -0.39 is 6.36 Å². The van der Waals surface area contributed by atoms with Gasteiger partial charge in [-0.15, -0.1) is 18.3 Å². The third-order valence-corrected chi connectivity index (χ3v) is 3.07. The van der Waals surface area contributed by atoms with Crippen molar-refractivity contribution in [3.05, 3.63) is 42.7 Å². The standard InChI is InChI=1S/C15H11F3N4O2/c1-9(23)20-13-12(14-19-7-2-8-22(14)21-13)10-3-5-11(6-4-10)24-15(16,17)18/h2-8H,1H3,(H,20,21,23). The molecule has 0 fully saturated rings. The fourth-order valence-electron chi connectivity index (χ4n) is 2.23. The number of anilines is 1. The van der Waals surface area contributed by atoms with Crippen molar-refractivity contribution in [3.8, 4) is 16.9 Å². The molecule has 124 valence electrons. The SMILES string of the molecule is CC(=O)Nc1nn2cccnc2c1-c1ccc(OC(F)(F)F)cc1. The first-order chi connectivity index (χ1) is 11.3. The number of ether oxygens (including phenoxy) is 1. The zero-order valence-electron chi connectivity index (χ0n) is 12.3. The first-order valence-electron chi connectivity index (χ1n) is 6.80. The van der Waals surface area contributed by atoms with E-state index in [1.54, 1.807) is 18.5 Å². The third-order valence-electron chi connectivity index (χ3n) is 3.07. The monoisotopic (exact) mass is 336 g/mol. The van der Waals surface area contributed by atoms with Gasteiger partial charge in [-0.25, -0.2) is 9.50 Å². The van der Waals surface area contributed by atoms with Crippen LogP contribution in [0.15, 0.2) is 42.7 Å². The summed E-state index contributed by atoms with van der Waals surface area (Å²) in [5.41, 5.74) is 1.51. The topological polar surface area (TPSA) is 68.5 Å². The van der Waals surface area contributed by atoms with E-state index in [2.05, 4.69) is 20.1 Å². The molecule has 0 aliphatic heterocycles. The van der Waals surface area contributed by atoms with Crippen molar-refractivity contribution in [2.45, 2.75) is 13.3 Å². The van der Waals surface area contributed by atoms with Gasteiger partial charge in [-0.05, 0) is 23.8 Å². The van der Waals surface area contributed by atoms with Crippen LogP contribution >= 0.6 is 0 Å². The second-order valence-electron chi connectivity index (χ2n) is 4.86. The largest absolute Gasteiger partial charge is 0.573 e. The van der Waals surface area contributed by atoms with Crippen molar-refractivity contribution >= 4 is 17.4 Å². The summed E-state index contributed by atoms with van der Waals surface area (Å²) in [6.07, 6.45) is -1.55. The number of nitrogens with one attached hydrogen (secondary N) is 1. The molecule has 6 nitrogen and oxygen atoms in total. The Balaban J connectivity index is 2.06. The van der Waals surface area contributed by atoms with E-state index in [1.165, 1.54) is 35.7 Å². The molecule has 9 heteroatoms. The molecule has 0 saturated carbocycles. The zero-order chi connectivity index (χ0) is 17.3. The van der Waals surface area contributed by atoms with Crippen LogP contribution in [-0.2, 0) is 4.79 Å². The fourth-order valence-corrected chi connectivity index (χ4v) is 2.23. The van der Waals surface area contributed by atoms with Crippen molar-refractivity contribution in [2.75, 3.05) is 5.32 Å². The predicted octanol–water partition coefficient (Wildman–Crippen LogP) is 3.25. The minimum Gasteiger partial charge on any atom is -0.406 e. The summed E-state index contributed by atoms with van der Waals surface area (Å²) in [6, 6.07) is 6.93. The van der Waals surface area contributed by atoms with Crippen LogP contribution in [0.3, 0.4) is 0 Å². The van der Waals surface area contributed by atoms with E-state index >= 15 is 0 Å². The molecular weight excluding hydrogens is 325 g/mol. The van der Waals surface area contributed by atoms with Gasteiger partial charge in [-0.3, -0.25) is 4.79 Å². The van der Waals surface area contributed by atoms with E-state index in [0.29, 0.717) is 16.8 Å². The van der Waals surface area contributed by atoms with Crippen LogP contribution in [-0.4, -0.2) is 26.9 Å². The number of hydrogen-bond acceptors (Lipinski definition) is 4. The van der Waals surface area contributed by atoms with Crippen LogP contribution in [0.2, 0.25) is 0 Å². The molecule has 3 rings (SSSR count). The van der Waals surface area contributed by atoms with Crippen LogP contribution in [0.5, 0.6) is 5.75 Å². The predicted molar refractivity (Wildman–Crippen MR) is 79.4 cm³/mol. The van der Waals surface area contributed by atoms with Crippen molar-refractivity contribution in [1.82, 2.24) is 14.6 Å². The maximum Gasteiger partial charge on any atom is 0.573 e. The quantitative estimate of drug-likeness (QED) is 0.797. The molecule has 1 N–H and O–H groups in total. The van der Waals surface area contributed by atoms with Gasteiger partial charge >= 0.3 is 6.36 Å². The third kappa shape index (κ3) is 3.29. The average Bonchev–Trinajstić information content (AvgIpc) is 2.83. The fraction of sp³-hybridized carbons (Fsp3) is 0.133. The Kier molecular flexibility index (Phi) is 3.84. The number of carbonyl (C=O) groups excluding carboxylic acids is 1. The lowest BCUT2D eigenvalue weighted by Gasteiger charge is -2.09. The minimum absolute atomic E-state index is 0.269. The highest BCUT2D eigenvalue weighted by atomic mass is 19.4. The molecular formula is C15H11F3N4O2. The summed E-state index contributed by atoms with van der Waals surface area (Å²) in [5.74, 6) is -0.390. The number of alkyl halides is 3. The highest BCUT2D eigenvalue weighted by Gasteiger charge is 2.31. The Hall–Kier alpha value is -3.10. The molecule has 0 saturated heterocycles. The molecule has 0 atom stereocenters. The van der Waals surface area contributed by atoms with Crippen molar-refractivity contribution in [3.63, 3.8) is 0 Å². The van der Waals surface area contributed by atoms with Gasteiger partial charge in [0.25, 0.3) is 0 Å². The second kappa shape index (κ2) is 5.84. The number of benzene rings is 1. The Morgan fingerprint density at radius 2 is 1.96 bits per heavy atom. The molecule has 1 aromatic carbocycles. The summed E-state index contributed by atoms with van der Waals surface area (Å²) in [6.45, 7) is 1.33. The minimum atomic E-state index is -4.76. The van der Waals surface area contributed by atoms with Crippen molar-refractivity contribution in [2.24, 2.45) is 0 Å². The number of aromatic nitrogens is 3. The normalized spacial score (nSPS) is 11.5. The number of nitrogens with zero attached hydrogens (tertiary/aromatic N) is 3. The number of halogens is 3. The van der Waals surface area contributed by atoms with Gasteiger partial charge in [0, 0.05) is 19.3 Å². The summed E-state index contributed by atoms with van der Waals surface area (Å²) < 4.78 is 42.0. The molecule has 2 heterocycles. The smallest absolute Gasteiger partial charge is 0.406 e. The summed E-state index contributed by atoms with van der Waals surface area (Å²) in [5, 5.41) is 6.81. The maximum atomic E-state index is 12.2. The lowest BCUT2D eigenvalue weighted by molar-refractivity contribution is -0.274. The van der Waals surface area contributed by atoms with Crippen LogP contribution in [0.25, 0.3) is 16.8 Å². The van der Waals surface area contributed by atoms with Gasteiger partial charge in [0.1, 0.15) is 5.75 Å². The first kappa shape index (κ1) is 15.8. The van der Waals surface area contributed by atoms with E-state index in [0.717, 1.165) is 0 Å². The van der Waals surface area contributed by atoms with Crippen LogP contribution in [0, 0.1) is 0 Å². The molecule has 0 spiro atoms. The number of hydrogen-bond donors (Lipinski definition) is 1. The molecule has 0 unspecified atom stereocenters. The Morgan fingerprint density at radius 1 is 1.25 bits per heavy atom. The number of fused-ring (bicyclic) bond motifs is 1. The number of amides is 1. The molecule has 0 aliphatic rings. The average molecular weight is 336 g/mol. The lowest BCUT2D eigenvalue weighted by atomic mass is 10.1. The van der Waals surface area contributed by atoms with Gasteiger partial charge in [-0.1, -0.05) is 12.1 Å². The van der Waals surface area contributed by atoms with Gasteiger partial charge in [0.2, 0.25) is 5.91 Å². The Bertz CT molecular complexity index is 888. The van der Waals surface area contributed by atoms with E-state index in [-0.39, 0.29) is 17.5 Å². The van der Waals surface area contributed by atoms with Gasteiger partial charge in [-0.2, -0.15) is 0 Å². The van der Waals surface area contributed by atoms with E-state index in [4.69, 9.17) is 0 Å². The summed E-state index contributed by atoms with van der Waals surface area (Å²) in [4.78, 5) is 15.6. The molecule has 0 bridgehead atoms. The molecule has 2 aromatic heterocycles. The van der Waals surface area contributed by atoms with Crippen LogP contribution in [0.1, 0.15) is 6.92 Å². The van der Waals surface area contributed by atoms with Crippen LogP contribution < -0.4 is 10.1 Å². The van der Waals surface area contributed by atoms with E-state index in [9.17, 15) is 18.0 Å². The van der Waals surface area contributed by atoms with Gasteiger partial charge < -0.3 is 10.1 Å². The van der Waals surface area contributed by atoms with Crippen LogP contribution in [0.4, 0.5) is 19.0 Å². The van der Waals surface area contributed by atoms with E-state index in [1.807, 2.05) is 0 Å². The maximum absolute atomic E-state index is 12.2. The highest BCUT2D eigenvalue weighted by Crippen LogP contribution is 2.33.